The summed E-state index contributed by atoms with van der Waals surface area (Å²) in [5, 5.41) is 22.8. The number of alkyl halides is 3. The fourth-order valence-electron chi connectivity index (χ4n) is 4.98. The number of aliphatic carboxylic acids is 1. The Morgan fingerprint density at radius 2 is 1.58 bits per heavy atom. The number of halogens is 4. The maximum absolute atomic E-state index is 14.0. The number of nitrogens with zero attached hydrogens (tertiary/aromatic N) is 1. The number of carbonyl (C=O) groups is 3. The van der Waals surface area contributed by atoms with Crippen molar-refractivity contribution in [1.29, 1.82) is 0 Å². The van der Waals surface area contributed by atoms with Crippen molar-refractivity contribution in [2.75, 3.05) is 16.8 Å². The zero-order chi connectivity index (χ0) is 31.1. The Morgan fingerprint density at radius 1 is 0.930 bits per heavy atom. The molecule has 3 aromatic carbocycles. The lowest BCUT2D eigenvalue weighted by molar-refractivity contribution is -0.146. The van der Waals surface area contributed by atoms with Gasteiger partial charge in [-0.25, -0.2) is 14.0 Å². The lowest BCUT2D eigenvalue weighted by Gasteiger charge is -2.26. The molecule has 4 N–H and O–H groups in total. The summed E-state index contributed by atoms with van der Waals surface area (Å²) in [6.45, 7) is -0.535. The molecule has 0 radical (unpaired) electrons. The van der Waals surface area contributed by atoms with Gasteiger partial charge in [-0.2, -0.15) is 13.2 Å². The maximum atomic E-state index is 14.0. The molecule has 1 aliphatic carbocycles. The molecule has 228 valence electrons. The van der Waals surface area contributed by atoms with E-state index in [1.54, 1.807) is 24.3 Å². The third-order valence-corrected chi connectivity index (χ3v) is 7.30. The van der Waals surface area contributed by atoms with E-state index >= 15 is 0 Å². The summed E-state index contributed by atoms with van der Waals surface area (Å²) in [5.41, 5.74) is 0.714. The largest absolute Gasteiger partial charge is 0.479 e. The second-order valence-corrected chi connectivity index (χ2v) is 10.4. The van der Waals surface area contributed by atoms with Gasteiger partial charge in [0.15, 0.2) is 6.10 Å². The van der Waals surface area contributed by atoms with Crippen molar-refractivity contribution in [2.45, 2.75) is 56.8 Å². The summed E-state index contributed by atoms with van der Waals surface area (Å²) in [6, 6.07) is 14.4. The predicted molar refractivity (Wildman–Crippen MR) is 151 cm³/mol. The van der Waals surface area contributed by atoms with E-state index < -0.39 is 48.1 Å². The highest BCUT2D eigenvalue weighted by Gasteiger charge is 2.32. The molecule has 1 saturated carbocycles. The van der Waals surface area contributed by atoms with Gasteiger partial charge >= 0.3 is 18.2 Å². The van der Waals surface area contributed by atoms with Crippen LogP contribution in [0.15, 0.2) is 66.7 Å². The fraction of sp³-hybridized carbons (Fsp3) is 0.323. The minimum atomic E-state index is -4.81. The molecule has 0 heterocycles. The first-order valence-corrected chi connectivity index (χ1v) is 13.7. The van der Waals surface area contributed by atoms with E-state index in [9.17, 15) is 37.1 Å². The first kappa shape index (κ1) is 31.5. The molecule has 1 fully saturated rings. The molecule has 1 aliphatic rings. The Balaban J connectivity index is 1.56. The Bertz CT molecular complexity index is 1440. The van der Waals surface area contributed by atoms with Gasteiger partial charge in [0.2, 0.25) is 0 Å². The van der Waals surface area contributed by atoms with Gasteiger partial charge in [-0.05, 0) is 72.4 Å². The summed E-state index contributed by atoms with van der Waals surface area (Å²) in [6.07, 6.45) is -0.949. The van der Waals surface area contributed by atoms with Gasteiger partial charge in [-0.1, -0.05) is 43.5 Å². The van der Waals surface area contributed by atoms with Crippen molar-refractivity contribution >= 4 is 29.3 Å². The maximum Gasteiger partial charge on any atom is 0.416 e. The molecule has 0 spiro atoms. The molecule has 3 amide bonds. The highest BCUT2D eigenvalue weighted by molar-refractivity contribution is 6.01. The number of hydrogen-bond acceptors (Lipinski definition) is 4. The summed E-state index contributed by atoms with van der Waals surface area (Å²) >= 11 is 0. The minimum absolute atomic E-state index is 0.0460. The van der Waals surface area contributed by atoms with E-state index in [-0.39, 0.29) is 17.8 Å². The number of hydrogen-bond donors (Lipinski definition) is 4. The first-order chi connectivity index (χ1) is 20.4. The van der Waals surface area contributed by atoms with Crippen LogP contribution in [0.4, 0.5) is 33.7 Å². The van der Waals surface area contributed by atoms with E-state index in [1.165, 1.54) is 23.5 Å². The number of amides is 3. The third kappa shape index (κ3) is 8.54. The van der Waals surface area contributed by atoms with Gasteiger partial charge in [0.25, 0.3) is 5.91 Å². The van der Waals surface area contributed by atoms with Crippen LogP contribution in [0, 0.1) is 5.82 Å². The molecular weight excluding hydrogens is 570 g/mol. The number of anilines is 2. The molecule has 8 nitrogen and oxygen atoms in total. The zero-order valence-electron chi connectivity index (χ0n) is 23.0. The Kier molecular flexibility index (Phi) is 10.0. The van der Waals surface area contributed by atoms with Crippen LogP contribution in [0.1, 0.15) is 65.1 Å². The monoisotopic (exact) mass is 601 g/mol. The molecule has 3 aromatic rings. The molecule has 0 aliphatic heterocycles. The van der Waals surface area contributed by atoms with Crippen LogP contribution in [-0.4, -0.2) is 40.8 Å². The topological polar surface area (TPSA) is 119 Å². The third-order valence-electron chi connectivity index (χ3n) is 7.30. The molecular formula is C31H31F4N3O5. The van der Waals surface area contributed by atoms with Crippen LogP contribution in [0.5, 0.6) is 0 Å². The van der Waals surface area contributed by atoms with Crippen molar-refractivity contribution in [3.63, 3.8) is 0 Å². The molecule has 0 saturated heterocycles. The van der Waals surface area contributed by atoms with Crippen molar-refractivity contribution in [3.05, 3.63) is 94.8 Å². The lowest BCUT2D eigenvalue weighted by Crippen LogP contribution is -2.36. The van der Waals surface area contributed by atoms with Gasteiger partial charge in [-0.3, -0.25) is 9.69 Å². The fourth-order valence-corrected chi connectivity index (χ4v) is 4.98. The molecule has 12 heteroatoms. The number of carboxylic acids is 1. The molecule has 1 atom stereocenters. The smallest absolute Gasteiger partial charge is 0.416 e. The SMILES string of the molecule is O=C(NCC(O)C(=O)O)c1ccc(CN(C(=O)Nc2cc(F)cc(C(F)(F)F)c2)c2ccc(C3CCCCC3)cc2)cc1. The van der Waals surface area contributed by atoms with E-state index in [1.807, 2.05) is 12.1 Å². The lowest BCUT2D eigenvalue weighted by atomic mass is 9.84. The van der Waals surface area contributed by atoms with Crippen molar-refractivity contribution < 1.29 is 42.2 Å². The summed E-state index contributed by atoms with van der Waals surface area (Å²) in [7, 11) is 0. The van der Waals surface area contributed by atoms with Gasteiger partial charge in [0.05, 0.1) is 18.7 Å². The van der Waals surface area contributed by atoms with Crippen LogP contribution in [0.2, 0.25) is 0 Å². The molecule has 43 heavy (non-hydrogen) atoms. The quantitative estimate of drug-likeness (QED) is 0.215. The highest BCUT2D eigenvalue weighted by Crippen LogP contribution is 2.34. The van der Waals surface area contributed by atoms with E-state index in [0.29, 0.717) is 29.3 Å². The van der Waals surface area contributed by atoms with Gasteiger partial charge in [0, 0.05) is 16.9 Å². The number of rotatable bonds is 9. The summed E-state index contributed by atoms with van der Waals surface area (Å²) in [5.74, 6) is -2.84. The second kappa shape index (κ2) is 13.7. The van der Waals surface area contributed by atoms with Crippen molar-refractivity contribution in [2.24, 2.45) is 0 Å². The van der Waals surface area contributed by atoms with Crippen molar-refractivity contribution in [3.8, 4) is 0 Å². The van der Waals surface area contributed by atoms with Crippen LogP contribution in [0.3, 0.4) is 0 Å². The number of carboxylic acid groups (broad SMARTS) is 1. The Morgan fingerprint density at radius 3 is 2.19 bits per heavy atom. The average molecular weight is 602 g/mol. The van der Waals surface area contributed by atoms with Crippen LogP contribution in [-0.2, 0) is 17.5 Å². The summed E-state index contributed by atoms with van der Waals surface area (Å²) < 4.78 is 53.7. The number of benzene rings is 3. The molecule has 0 aromatic heterocycles. The molecule has 1 unspecified atom stereocenters. The Labute approximate surface area is 245 Å². The van der Waals surface area contributed by atoms with E-state index in [4.69, 9.17) is 5.11 Å². The number of aliphatic hydroxyl groups excluding tert-OH is 1. The predicted octanol–water partition coefficient (Wildman–Crippen LogP) is 6.31. The number of urea groups is 1. The summed E-state index contributed by atoms with van der Waals surface area (Å²) in [4.78, 5) is 37.8. The van der Waals surface area contributed by atoms with E-state index in [2.05, 4.69) is 10.6 Å². The molecule has 4 rings (SSSR count). The molecule has 0 bridgehead atoms. The standard InChI is InChI=1S/C31H31F4N3O5/c32-24-14-23(31(33,34)35)15-25(16-24)37-30(43)38(26-12-10-21(11-13-26)20-4-2-1-3-5-20)18-19-6-8-22(9-7-19)28(40)36-17-27(39)29(41)42/h6-16,20,27,39H,1-5,17-18H2,(H,36,40)(H,37,43)(H,41,42). The number of nitrogens with one attached hydrogen (secondary N) is 2. The van der Waals surface area contributed by atoms with E-state index in [0.717, 1.165) is 37.3 Å². The van der Waals surface area contributed by atoms with Gasteiger partial charge in [-0.15, -0.1) is 0 Å². The highest BCUT2D eigenvalue weighted by atomic mass is 19.4. The number of aliphatic hydroxyl groups is 1. The van der Waals surface area contributed by atoms with Crippen molar-refractivity contribution in [1.82, 2.24) is 5.32 Å². The van der Waals surface area contributed by atoms with Crippen LogP contribution >= 0.6 is 0 Å². The normalized spacial score (nSPS) is 14.5. The van der Waals surface area contributed by atoms with Crippen LogP contribution in [0.25, 0.3) is 0 Å². The van der Waals surface area contributed by atoms with Gasteiger partial charge < -0.3 is 20.8 Å². The Hall–Kier alpha value is -4.45. The minimum Gasteiger partial charge on any atom is -0.479 e. The average Bonchev–Trinajstić information content (AvgIpc) is 2.98. The number of carbonyl (C=O) groups excluding carboxylic acids is 2. The first-order valence-electron chi connectivity index (χ1n) is 13.7. The van der Waals surface area contributed by atoms with Gasteiger partial charge in [0.1, 0.15) is 5.82 Å². The second-order valence-electron chi connectivity index (χ2n) is 10.4. The van der Waals surface area contributed by atoms with Crippen LogP contribution < -0.4 is 15.5 Å². The zero-order valence-corrected chi connectivity index (χ0v) is 23.0.